The van der Waals surface area contributed by atoms with Crippen molar-refractivity contribution in [3.63, 3.8) is 0 Å². The molecule has 5 heteroatoms. The summed E-state index contributed by atoms with van der Waals surface area (Å²) in [5.74, 6) is 1.63. The molecule has 23 heavy (non-hydrogen) atoms. The van der Waals surface area contributed by atoms with Crippen LogP contribution in [-0.4, -0.2) is 37.6 Å². The molecule has 0 radical (unpaired) electrons. The predicted molar refractivity (Wildman–Crippen MR) is 88.8 cm³/mol. The van der Waals surface area contributed by atoms with Crippen molar-refractivity contribution in [3.8, 4) is 11.5 Å². The normalized spacial score (nSPS) is 13.5. The van der Waals surface area contributed by atoms with Gasteiger partial charge in [-0.15, -0.1) is 0 Å². The Morgan fingerprint density at radius 3 is 2.87 bits per heavy atom. The zero-order valence-electron chi connectivity index (χ0n) is 13.1. The van der Waals surface area contributed by atoms with E-state index in [1.54, 1.807) is 7.11 Å². The zero-order chi connectivity index (χ0) is 16.1. The van der Waals surface area contributed by atoms with E-state index in [0.717, 1.165) is 22.7 Å². The number of anilines is 1. The van der Waals surface area contributed by atoms with Gasteiger partial charge in [-0.3, -0.25) is 4.79 Å². The fraction of sp³-hybridized carbons (Fsp3) is 0.278. The lowest BCUT2D eigenvalue weighted by Crippen LogP contribution is -2.36. The minimum absolute atomic E-state index is 0.0382. The summed E-state index contributed by atoms with van der Waals surface area (Å²) < 4.78 is 11.0. The Balaban J connectivity index is 1.64. The zero-order valence-corrected chi connectivity index (χ0v) is 13.1. The van der Waals surface area contributed by atoms with E-state index in [9.17, 15) is 4.79 Å². The van der Waals surface area contributed by atoms with Gasteiger partial charge in [-0.2, -0.15) is 0 Å². The molecule has 0 aromatic heterocycles. The van der Waals surface area contributed by atoms with Gasteiger partial charge < -0.3 is 19.7 Å². The number of amides is 1. The topological polar surface area (TPSA) is 50.8 Å². The number of benzene rings is 2. The molecular formula is C18H20N2O3. The van der Waals surface area contributed by atoms with Crippen LogP contribution in [0.25, 0.3) is 0 Å². The summed E-state index contributed by atoms with van der Waals surface area (Å²) >= 11 is 0. The van der Waals surface area contributed by atoms with E-state index in [1.165, 1.54) is 0 Å². The summed E-state index contributed by atoms with van der Waals surface area (Å²) in [7, 11) is 1.62. The van der Waals surface area contributed by atoms with Crippen LogP contribution in [-0.2, 0) is 11.3 Å². The lowest BCUT2D eigenvalue weighted by atomic mass is 10.2. The maximum atomic E-state index is 12.5. The highest BCUT2D eigenvalue weighted by atomic mass is 16.5. The molecular weight excluding hydrogens is 292 g/mol. The quantitative estimate of drug-likeness (QED) is 0.942. The predicted octanol–water partition coefficient (Wildman–Crippen LogP) is 2.53. The van der Waals surface area contributed by atoms with E-state index in [4.69, 9.17) is 9.47 Å². The minimum Gasteiger partial charge on any atom is -0.495 e. The summed E-state index contributed by atoms with van der Waals surface area (Å²) in [5.41, 5.74) is 1.85. The maximum Gasteiger partial charge on any atom is 0.242 e. The number of para-hydroxylation sites is 3. The molecule has 0 aliphatic carbocycles. The van der Waals surface area contributed by atoms with Gasteiger partial charge in [-0.05, 0) is 18.2 Å². The number of hydrogen-bond acceptors (Lipinski definition) is 4. The first-order chi connectivity index (χ1) is 11.3. The van der Waals surface area contributed by atoms with Crippen LogP contribution < -0.4 is 14.8 Å². The van der Waals surface area contributed by atoms with Gasteiger partial charge in [-0.1, -0.05) is 30.3 Å². The second kappa shape index (κ2) is 7.05. The van der Waals surface area contributed by atoms with E-state index in [-0.39, 0.29) is 12.5 Å². The van der Waals surface area contributed by atoms with Gasteiger partial charge in [0.2, 0.25) is 5.91 Å². The van der Waals surface area contributed by atoms with Gasteiger partial charge in [0.15, 0.2) is 0 Å². The first-order valence-electron chi connectivity index (χ1n) is 7.63. The lowest BCUT2D eigenvalue weighted by molar-refractivity contribution is -0.130. The van der Waals surface area contributed by atoms with Crippen molar-refractivity contribution in [2.45, 2.75) is 6.54 Å². The number of rotatable bonds is 4. The van der Waals surface area contributed by atoms with Crippen LogP contribution in [0.2, 0.25) is 0 Å². The summed E-state index contributed by atoms with van der Waals surface area (Å²) in [4.78, 5) is 14.3. The van der Waals surface area contributed by atoms with Crippen LogP contribution in [0.4, 0.5) is 5.69 Å². The summed E-state index contributed by atoms with van der Waals surface area (Å²) in [6.45, 7) is 1.89. The van der Waals surface area contributed by atoms with Crippen LogP contribution in [0.3, 0.4) is 0 Å². The number of nitrogens with one attached hydrogen (secondary N) is 1. The van der Waals surface area contributed by atoms with Crippen molar-refractivity contribution in [2.75, 3.05) is 32.1 Å². The van der Waals surface area contributed by atoms with Crippen molar-refractivity contribution in [1.29, 1.82) is 0 Å². The second-order valence-corrected chi connectivity index (χ2v) is 5.33. The molecule has 3 rings (SSSR count). The Labute approximate surface area is 135 Å². The Bertz CT molecular complexity index is 687. The molecule has 1 aliphatic heterocycles. The summed E-state index contributed by atoms with van der Waals surface area (Å²) in [6.07, 6.45) is 0. The molecule has 0 fully saturated rings. The van der Waals surface area contributed by atoms with E-state index in [1.807, 2.05) is 53.4 Å². The van der Waals surface area contributed by atoms with Gasteiger partial charge >= 0.3 is 0 Å². The standard InChI is InChI=1S/C18H20N2O3/c1-22-17-9-5-3-7-15(17)19-12-18(21)20-10-11-23-16-8-4-2-6-14(16)13-20/h2-9,19H,10-13H2,1H3. The number of nitrogens with zero attached hydrogens (tertiary/aromatic N) is 1. The third kappa shape index (κ3) is 3.56. The average Bonchev–Trinajstić information content (AvgIpc) is 2.82. The second-order valence-electron chi connectivity index (χ2n) is 5.33. The van der Waals surface area contributed by atoms with Gasteiger partial charge in [-0.25, -0.2) is 0 Å². The molecule has 120 valence electrons. The minimum atomic E-state index is 0.0382. The highest BCUT2D eigenvalue weighted by Gasteiger charge is 2.19. The Morgan fingerprint density at radius 2 is 2.00 bits per heavy atom. The molecule has 0 saturated carbocycles. The summed E-state index contributed by atoms with van der Waals surface area (Å²) in [5, 5.41) is 3.15. The number of hydrogen-bond donors (Lipinski definition) is 1. The lowest BCUT2D eigenvalue weighted by Gasteiger charge is -2.20. The van der Waals surface area contributed by atoms with Crippen molar-refractivity contribution in [1.82, 2.24) is 4.90 Å². The highest BCUT2D eigenvalue weighted by Crippen LogP contribution is 2.24. The average molecular weight is 312 g/mol. The Kier molecular flexibility index (Phi) is 4.66. The number of methoxy groups -OCH3 is 1. The van der Waals surface area contributed by atoms with Crippen LogP contribution in [0.15, 0.2) is 48.5 Å². The molecule has 0 unspecified atom stereocenters. The van der Waals surface area contributed by atoms with Crippen molar-refractivity contribution >= 4 is 11.6 Å². The van der Waals surface area contributed by atoms with Crippen LogP contribution >= 0.6 is 0 Å². The molecule has 2 aromatic rings. The van der Waals surface area contributed by atoms with Gasteiger partial charge in [0.05, 0.1) is 25.9 Å². The van der Waals surface area contributed by atoms with Crippen molar-refractivity contribution in [3.05, 3.63) is 54.1 Å². The molecule has 0 spiro atoms. The van der Waals surface area contributed by atoms with E-state index >= 15 is 0 Å². The monoisotopic (exact) mass is 312 g/mol. The van der Waals surface area contributed by atoms with E-state index < -0.39 is 0 Å². The molecule has 1 heterocycles. The maximum absolute atomic E-state index is 12.5. The summed E-state index contributed by atoms with van der Waals surface area (Å²) in [6, 6.07) is 15.4. The Hall–Kier alpha value is -2.69. The third-order valence-corrected chi connectivity index (χ3v) is 3.84. The first kappa shape index (κ1) is 15.2. The Morgan fingerprint density at radius 1 is 1.22 bits per heavy atom. The van der Waals surface area contributed by atoms with E-state index in [2.05, 4.69) is 5.32 Å². The molecule has 0 atom stereocenters. The number of carbonyl (C=O) groups is 1. The molecule has 2 aromatic carbocycles. The van der Waals surface area contributed by atoms with E-state index in [0.29, 0.717) is 19.7 Å². The third-order valence-electron chi connectivity index (χ3n) is 3.84. The SMILES string of the molecule is COc1ccccc1NCC(=O)N1CCOc2ccccc2C1. The largest absolute Gasteiger partial charge is 0.495 e. The molecule has 0 bridgehead atoms. The van der Waals surface area contributed by atoms with Crippen LogP contribution in [0, 0.1) is 0 Å². The molecule has 1 aliphatic rings. The van der Waals surface area contributed by atoms with Crippen molar-refractivity contribution in [2.24, 2.45) is 0 Å². The van der Waals surface area contributed by atoms with Gasteiger partial charge in [0, 0.05) is 12.1 Å². The van der Waals surface area contributed by atoms with Crippen LogP contribution in [0.5, 0.6) is 11.5 Å². The molecule has 1 amide bonds. The highest BCUT2D eigenvalue weighted by molar-refractivity contribution is 5.81. The molecule has 5 nitrogen and oxygen atoms in total. The molecule has 0 saturated heterocycles. The number of carbonyl (C=O) groups excluding carboxylic acids is 1. The molecule has 1 N–H and O–H groups in total. The van der Waals surface area contributed by atoms with Crippen molar-refractivity contribution < 1.29 is 14.3 Å². The smallest absolute Gasteiger partial charge is 0.242 e. The number of fused-ring (bicyclic) bond motifs is 1. The van der Waals surface area contributed by atoms with Crippen LogP contribution in [0.1, 0.15) is 5.56 Å². The number of ether oxygens (including phenoxy) is 2. The first-order valence-corrected chi connectivity index (χ1v) is 7.63. The van der Waals surface area contributed by atoms with Gasteiger partial charge in [0.25, 0.3) is 0 Å². The fourth-order valence-corrected chi connectivity index (χ4v) is 2.61. The van der Waals surface area contributed by atoms with Gasteiger partial charge in [0.1, 0.15) is 18.1 Å². The fourth-order valence-electron chi connectivity index (χ4n) is 2.61.